The molecular formula is C18H33O4W2Y2-3. The summed E-state index contributed by atoms with van der Waals surface area (Å²) in [5, 5.41) is 0. The summed E-state index contributed by atoms with van der Waals surface area (Å²) in [6, 6.07) is 0. The monoisotopic (exact) mass is 859 g/mol. The molecule has 0 aliphatic carbocycles. The largest absolute Gasteiger partial charge is 2.00 e. The topological polar surface area (TPSA) is 68.3 Å². The van der Waals surface area contributed by atoms with Crippen LogP contribution in [0.2, 0.25) is 0 Å². The van der Waals surface area contributed by atoms with E-state index in [1.165, 1.54) is 0 Å². The number of carbonyl (C=O) groups excluding carboxylic acids is 4. The van der Waals surface area contributed by atoms with Gasteiger partial charge >= 0.3 is 21.1 Å². The number of hydrogen-bond donors (Lipinski definition) is 0. The van der Waals surface area contributed by atoms with E-state index in [0.29, 0.717) is 18.8 Å². The molecule has 0 spiro atoms. The number of carbonyl (C=O) groups is 2. The number of rotatable bonds is 5. The Morgan fingerprint density at radius 3 is 1.23 bits per heavy atom. The zero-order valence-electron chi connectivity index (χ0n) is 17.1. The second-order valence-electron chi connectivity index (χ2n) is 6.07. The summed E-state index contributed by atoms with van der Waals surface area (Å²) in [6.45, 7) is 23.6. The Labute approximate surface area is 241 Å². The molecular weight excluding hydrogens is 826 g/mol. The third-order valence-corrected chi connectivity index (χ3v) is 2.15. The first kappa shape index (κ1) is 56.5. The minimum Gasteiger partial charge on any atom is -0.545 e. The molecule has 0 unspecified atom stereocenters. The Balaban J connectivity index is -0.0000000229. The van der Waals surface area contributed by atoms with Crippen LogP contribution >= 0.6 is 0 Å². The van der Waals surface area contributed by atoms with E-state index >= 15 is 0 Å². The van der Waals surface area contributed by atoms with Gasteiger partial charge < -0.3 is 40.5 Å². The normalized spacial score (nSPS) is 7.31. The van der Waals surface area contributed by atoms with Gasteiger partial charge in [-0.3, -0.25) is 13.6 Å². The number of ketones is 2. The molecule has 0 aliphatic heterocycles. The molecule has 0 N–H and O–H groups in total. The Hall–Kier alpha value is 2.00. The zero-order chi connectivity index (χ0) is 18.1. The molecule has 150 valence electrons. The predicted molar refractivity (Wildman–Crippen MR) is 93.4 cm³/mol. The summed E-state index contributed by atoms with van der Waals surface area (Å²) < 4.78 is 0. The van der Waals surface area contributed by atoms with Crippen LogP contribution in [0.1, 0.15) is 60.3 Å². The van der Waals surface area contributed by atoms with Crippen LogP contribution in [0, 0.1) is 32.6 Å². The molecule has 4 nitrogen and oxygen atoms in total. The van der Waals surface area contributed by atoms with Crippen LogP contribution < -0.4 is 0 Å². The van der Waals surface area contributed by atoms with Gasteiger partial charge in [0, 0.05) is 86.5 Å². The van der Waals surface area contributed by atoms with E-state index < -0.39 is 0 Å². The quantitative estimate of drug-likeness (QED) is 0.311. The number of hydrogen-bond acceptors (Lipinski definition) is 4. The first-order valence-corrected chi connectivity index (χ1v) is 6.71. The summed E-state index contributed by atoms with van der Waals surface area (Å²) in [5.41, 5.74) is 0.271. The third-order valence-electron chi connectivity index (χ3n) is 2.15. The van der Waals surface area contributed by atoms with Crippen LogP contribution in [0.3, 0.4) is 0 Å². The SMILES string of the molecule is [CH-]=O.[CH-]=O.[CH2-]C(=O)CCC(C)(C)C.[CH2-]C(=O)CCC(C)C.[CH3-].[W+2].[W].[Y].[Y]. The van der Waals surface area contributed by atoms with Gasteiger partial charge in [-0.1, -0.05) is 34.6 Å². The van der Waals surface area contributed by atoms with E-state index in [1.807, 2.05) is 0 Å². The van der Waals surface area contributed by atoms with Gasteiger partial charge in [-0.15, -0.1) is 0 Å². The summed E-state index contributed by atoms with van der Waals surface area (Å²) >= 11 is 0. The van der Waals surface area contributed by atoms with Crippen LogP contribution in [0.5, 0.6) is 0 Å². The van der Waals surface area contributed by atoms with Gasteiger partial charge in [0.05, 0.1) is 0 Å². The average Bonchev–Trinajstić information content (AvgIpc) is 2.39. The van der Waals surface area contributed by atoms with Crippen molar-refractivity contribution in [3.63, 3.8) is 0 Å². The Bertz CT molecular complexity index is 270. The van der Waals surface area contributed by atoms with Gasteiger partial charge in [0.2, 0.25) is 0 Å². The van der Waals surface area contributed by atoms with Crippen LogP contribution in [-0.2, 0) is 127 Å². The fourth-order valence-electron chi connectivity index (χ4n) is 0.964. The molecule has 0 aliphatic rings. The molecule has 26 heavy (non-hydrogen) atoms. The summed E-state index contributed by atoms with van der Waals surface area (Å²) in [5.74, 6) is 0.726. The van der Waals surface area contributed by atoms with Crippen molar-refractivity contribution in [3.05, 3.63) is 21.3 Å². The maximum Gasteiger partial charge on any atom is 2.00 e. The van der Waals surface area contributed by atoms with E-state index in [0.717, 1.165) is 12.8 Å². The maximum absolute atomic E-state index is 10.4. The maximum atomic E-state index is 10.4. The van der Waals surface area contributed by atoms with Crippen LogP contribution in [0.15, 0.2) is 0 Å². The molecule has 0 bridgehead atoms. The van der Waals surface area contributed by atoms with E-state index in [1.54, 1.807) is 0 Å². The van der Waals surface area contributed by atoms with Crippen LogP contribution in [0.25, 0.3) is 0 Å². The molecule has 0 saturated heterocycles. The molecule has 0 fully saturated rings. The first-order valence-electron chi connectivity index (χ1n) is 6.71. The van der Waals surface area contributed by atoms with Gasteiger partial charge in [-0.05, 0) is 48.6 Å². The van der Waals surface area contributed by atoms with Crippen molar-refractivity contribution in [3.8, 4) is 0 Å². The smallest absolute Gasteiger partial charge is 0.545 e. The minimum absolute atomic E-state index is 0. The standard InChI is InChI=1S/C8H15O.C7H13O.2CHO.CH3.2W.2Y/c1-7(9)5-6-8(2,3)4;1-6(2)4-5-7(3)8;2*1-2;;;;;/h1,5-6H2,2-4H3;6H,3-5H2,1-2H3;2*1H;1H3;;;;/q5*-1;;+2;;. The Morgan fingerprint density at radius 1 is 0.885 bits per heavy atom. The van der Waals surface area contributed by atoms with Crippen molar-refractivity contribution in [2.45, 2.75) is 60.3 Å². The molecule has 2 radical (unpaired) electrons. The van der Waals surface area contributed by atoms with Gasteiger partial charge in [0.1, 0.15) is 0 Å². The summed E-state index contributed by atoms with van der Waals surface area (Å²) in [4.78, 5) is 36.1. The van der Waals surface area contributed by atoms with Crippen molar-refractivity contribution in [2.75, 3.05) is 0 Å². The molecule has 0 heterocycles. The summed E-state index contributed by atoms with van der Waals surface area (Å²) in [6.07, 6.45) is 3.17. The molecule has 0 aromatic rings. The molecule has 0 aromatic heterocycles. The van der Waals surface area contributed by atoms with Gasteiger partial charge in [-0.2, -0.15) is 0 Å². The molecule has 0 amide bonds. The van der Waals surface area contributed by atoms with E-state index in [-0.39, 0.29) is 132 Å². The molecule has 0 saturated carbocycles. The fraction of sp³-hybridized carbons (Fsp3) is 0.611. The molecule has 0 rings (SSSR count). The van der Waals surface area contributed by atoms with Crippen LogP contribution in [0.4, 0.5) is 0 Å². The average molecular weight is 859 g/mol. The van der Waals surface area contributed by atoms with Gasteiger partial charge in [0.15, 0.2) is 0 Å². The molecule has 0 atom stereocenters. The second kappa shape index (κ2) is 41.4. The Morgan fingerprint density at radius 2 is 1.15 bits per heavy atom. The van der Waals surface area contributed by atoms with Crippen LogP contribution in [-0.4, -0.2) is 25.1 Å². The van der Waals surface area contributed by atoms with Gasteiger partial charge in [0.25, 0.3) is 0 Å². The molecule has 0 aromatic carbocycles. The summed E-state index contributed by atoms with van der Waals surface area (Å²) in [7, 11) is 0. The predicted octanol–water partition coefficient (Wildman–Crippen LogP) is 3.93. The number of Topliss-reactive ketones (excluding diaryl/α,β-unsaturated/α-hetero) is 2. The zero-order valence-corrected chi connectivity index (χ0v) is 28.6. The Kier molecular flexibility index (Phi) is 90.0. The van der Waals surface area contributed by atoms with Crippen molar-refractivity contribution >= 4 is 25.1 Å². The van der Waals surface area contributed by atoms with E-state index in [4.69, 9.17) is 9.59 Å². The van der Waals surface area contributed by atoms with Gasteiger partial charge in [-0.25, -0.2) is 0 Å². The first-order chi connectivity index (χ1) is 9.54. The van der Waals surface area contributed by atoms with Crippen molar-refractivity contribution in [1.29, 1.82) is 0 Å². The van der Waals surface area contributed by atoms with Crippen molar-refractivity contribution < 1.29 is 127 Å². The third kappa shape index (κ3) is 96.1. The minimum atomic E-state index is 0. The van der Waals surface area contributed by atoms with E-state index in [2.05, 4.69) is 62.0 Å². The second-order valence-corrected chi connectivity index (χ2v) is 6.07. The fourth-order valence-corrected chi connectivity index (χ4v) is 0.964. The van der Waals surface area contributed by atoms with Crippen molar-refractivity contribution in [2.24, 2.45) is 11.3 Å². The van der Waals surface area contributed by atoms with Crippen molar-refractivity contribution in [1.82, 2.24) is 0 Å². The van der Waals surface area contributed by atoms with E-state index in [9.17, 15) is 9.59 Å². The molecule has 8 heteroatoms.